The van der Waals surface area contributed by atoms with E-state index in [1.807, 2.05) is 19.1 Å². The van der Waals surface area contributed by atoms with Gasteiger partial charge in [0.25, 0.3) is 0 Å². The van der Waals surface area contributed by atoms with E-state index in [2.05, 4.69) is 36.2 Å². The molecule has 0 saturated carbocycles. The lowest BCUT2D eigenvalue weighted by molar-refractivity contribution is 0.477. The molecular weight excluding hydrogens is 196 g/mol. The zero-order valence-corrected chi connectivity index (χ0v) is 9.85. The van der Waals surface area contributed by atoms with E-state index in [0.29, 0.717) is 5.92 Å². The third kappa shape index (κ3) is 2.39. The van der Waals surface area contributed by atoms with Crippen LogP contribution in [0.15, 0.2) is 36.4 Å². The molecule has 1 heterocycles. The van der Waals surface area contributed by atoms with Gasteiger partial charge in [0.1, 0.15) is 0 Å². The zero-order valence-electron chi connectivity index (χ0n) is 9.85. The molecule has 0 aliphatic carbocycles. The minimum Gasteiger partial charge on any atom is -0.328 e. The van der Waals surface area contributed by atoms with Gasteiger partial charge in [-0.3, -0.25) is 4.98 Å². The zero-order chi connectivity index (χ0) is 11.5. The monoisotopic (exact) mass is 214 g/mol. The van der Waals surface area contributed by atoms with E-state index >= 15 is 0 Å². The highest BCUT2D eigenvalue weighted by molar-refractivity contribution is 5.78. The van der Waals surface area contributed by atoms with E-state index in [-0.39, 0.29) is 6.04 Å². The van der Waals surface area contributed by atoms with E-state index in [0.717, 1.165) is 17.6 Å². The van der Waals surface area contributed by atoms with Crippen LogP contribution in [0.4, 0.5) is 0 Å². The molecule has 0 aliphatic rings. The van der Waals surface area contributed by atoms with E-state index in [1.54, 1.807) is 0 Å². The van der Waals surface area contributed by atoms with E-state index in [9.17, 15) is 0 Å². The second-order valence-corrected chi connectivity index (χ2v) is 4.54. The van der Waals surface area contributed by atoms with Gasteiger partial charge in [0.2, 0.25) is 0 Å². The predicted molar refractivity (Wildman–Crippen MR) is 68.3 cm³/mol. The van der Waals surface area contributed by atoms with Crippen molar-refractivity contribution in [2.45, 2.75) is 26.3 Å². The molecule has 0 saturated heterocycles. The number of nitrogens with two attached hydrogens (primary N) is 1. The lowest BCUT2D eigenvalue weighted by atomic mass is 9.98. The van der Waals surface area contributed by atoms with E-state index < -0.39 is 0 Å². The smallest absolute Gasteiger partial charge is 0.0705 e. The molecule has 0 spiro atoms. The van der Waals surface area contributed by atoms with Crippen molar-refractivity contribution in [2.75, 3.05) is 0 Å². The highest BCUT2D eigenvalue weighted by Crippen LogP contribution is 2.15. The minimum absolute atomic E-state index is 0.216. The highest BCUT2D eigenvalue weighted by Gasteiger charge is 2.09. The quantitative estimate of drug-likeness (QED) is 0.853. The number of benzene rings is 1. The van der Waals surface area contributed by atoms with Crippen LogP contribution < -0.4 is 5.73 Å². The molecule has 0 aliphatic heterocycles. The molecule has 0 amide bonds. The second-order valence-electron chi connectivity index (χ2n) is 4.54. The molecule has 0 bridgehead atoms. The van der Waals surface area contributed by atoms with Crippen LogP contribution in [0.2, 0.25) is 0 Å². The van der Waals surface area contributed by atoms with Crippen molar-refractivity contribution in [1.29, 1.82) is 0 Å². The predicted octanol–water partition coefficient (Wildman–Crippen LogP) is 2.76. The fourth-order valence-corrected chi connectivity index (χ4v) is 1.74. The number of hydrogen-bond acceptors (Lipinski definition) is 2. The van der Waals surface area contributed by atoms with Crippen molar-refractivity contribution in [2.24, 2.45) is 11.7 Å². The molecule has 2 nitrogen and oxygen atoms in total. The Labute approximate surface area is 96.5 Å². The van der Waals surface area contributed by atoms with Crippen molar-refractivity contribution in [3.8, 4) is 0 Å². The lowest BCUT2D eigenvalue weighted by Crippen LogP contribution is -2.26. The standard InChI is InChI=1S/C14H18N2/c1-10(11(2)15)9-13-8-7-12-5-3-4-6-14(12)16-13/h3-8,10-11H,9,15H2,1-2H3. The van der Waals surface area contributed by atoms with Gasteiger partial charge in [-0.1, -0.05) is 31.2 Å². The maximum absolute atomic E-state index is 5.87. The van der Waals surface area contributed by atoms with Gasteiger partial charge in [0, 0.05) is 17.1 Å². The van der Waals surface area contributed by atoms with Crippen LogP contribution in [0.25, 0.3) is 10.9 Å². The second kappa shape index (κ2) is 4.62. The average molecular weight is 214 g/mol. The molecule has 84 valence electrons. The molecule has 16 heavy (non-hydrogen) atoms. The molecule has 0 fully saturated rings. The Morgan fingerprint density at radius 3 is 2.62 bits per heavy atom. The number of hydrogen-bond donors (Lipinski definition) is 1. The summed E-state index contributed by atoms with van der Waals surface area (Å²) in [4.78, 5) is 4.64. The van der Waals surface area contributed by atoms with Gasteiger partial charge >= 0.3 is 0 Å². The molecule has 2 atom stereocenters. The summed E-state index contributed by atoms with van der Waals surface area (Å²) in [5, 5.41) is 1.19. The molecule has 1 aromatic heterocycles. The number of nitrogens with zero attached hydrogens (tertiary/aromatic N) is 1. The first-order valence-corrected chi connectivity index (χ1v) is 5.77. The van der Waals surface area contributed by atoms with Gasteiger partial charge in [-0.2, -0.15) is 0 Å². The summed E-state index contributed by atoms with van der Waals surface area (Å²) in [6, 6.07) is 12.6. The summed E-state index contributed by atoms with van der Waals surface area (Å²) in [5.41, 5.74) is 8.06. The van der Waals surface area contributed by atoms with Crippen molar-refractivity contribution in [3.63, 3.8) is 0 Å². The molecular formula is C14H18N2. The molecule has 2 unspecified atom stereocenters. The largest absolute Gasteiger partial charge is 0.328 e. The van der Waals surface area contributed by atoms with Crippen molar-refractivity contribution >= 4 is 10.9 Å². The van der Waals surface area contributed by atoms with Crippen LogP contribution in [-0.2, 0) is 6.42 Å². The van der Waals surface area contributed by atoms with E-state index in [4.69, 9.17) is 5.73 Å². The Hall–Kier alpha value is -1.41. The number of rotatable bonds is 3. The summed E-state index contributed by atoms with van der Waals surface area (Å²) in [6.45, 7) is 4.22. The first-order chi connectivity index (χ1) is 7.66. The fourth-order valence-electron chi connectivity index (χ4n) is 1.74. The first kappa shape index (κ1) is 11.1. The number of fused-ring (bicyclic) bond motifs is 1. The summed E-state index contributed by atoms with van der Waals surface area (Å²) in [5.74, 6) is 0.466. The topological polar surface area (TPSA) is 38.9 Å². The maximum atomic E-state index is 5.87. The molecule has 2 heteroatoms. The molecule has 2 rings (SSSR count). The fraction of sp³-hybridized carbons (Fsp3) is 0.357. The molecule has 0 radical (unpaired) electrons. The molecule has 2 aromatic rings. The average Bonchev–Trinajstić information content (AvgIpc) is 2.28. The molecule has 2 N–H and O–H groups in total. The van der Waals surface area contributed by atoms with Gasteiger partial charge in [-0.05, 0) is 31.4 Å². The Bertz CT molecular complexity index is 477. The van der Waals surface area contributed by atoms with Crippen LogP contribution in [0.5, 0.6) is 0 Å². The Balaban J connectivity index is 2.26. The Kier molecular flexibility index (Phi) is 3.20. The SMILES string of the molecule is CC(N)C(C)Cc1ccc2ccccc2n1. The van der Waals surface area contributed by atoms with E-state index in [1.165, 1.54) is 5.39 Å². The van der Waals surface area contributed by atoms with Gasteiger partial charge in [-0.25, -0.2) is 0 Å². The third-order valence-corrected chi connectivity index (χ3v) is 3.08. The third-order valence-electron chi connectivity index (χ3n) is 3.08. The number of para-hydroxylation sites is 1. The van der Waals surface area contributed by atoms with Crippen LogP contribution in [0.3, 0.4) is 0 Å². The van der Waals surface area contributed by atoms with Gasteiger partial charge in [-0.15, -0.1) is 0 Å². The van der Waals surface area contributed by atoms with Gasteiger partial charge in [0.15, 0.2) is 0 Å². The lowest BCUT2D eigenvalue weighted by Gasteiger charge is -2.14. The summed E-state index contributed by atoms with van der Waals surface area (Å²) in [7, 11) is 0. The van der Waals surface area contributed by atoms with Gasteiger partial charge in [0.05, 0.1) is 5.52 Å². The molecule has 1 aromatic carbocycles. The highest BCUT2D eigenvalue weighted by atomic mass is 14.7. The number of aromatic nitrogens is 1. The van der Waals surface area contributed by atoms with Crippen LogP contribution in [0.1, 0.15) is 19.5 Å². The van der Waals surface area contributed by atoms with Crippen LogP contribution >= 0.6 is 0 Å². The summed E-state index contributed by atoms with van der Waals surface area (Å²) in [6.07, 6.45) is 0.947. The minimum atomic E-state index is 0.216. The summed E-state index contributed by atoms with van der Waals surface area (Å²) < 4.78 is 0. The Morgan fingerprint density at radius 1 is 1.12 bits per heavy atom. The Morgan fingerprint density at radius 2 is 1.88 bits per heavy atom. The van der Waals surface area contributed by atoms with Crippen LogP contribution in [0, 0.1) is 5.92 Å². The normalized spacial score (nSPS) is 14.9. The van der Waals surface area contributed by atoms with Crippen LogP contribution in [-0.4, -0.2) is 11.0 Å². The summed E-state index contributed by atoms with van der Waals surface area (Å²) >= 11 is 0. The van der Waals surface area contributed by atoms with Crippen molar-refractivity contribution in [1.82, 2.24) is 4.98 Å². The maximum Gasteiger partial charge on any atom is 0.0705 e. The van der Waals surface area contributed by atoms with Gasteiger partial charge < -0.3 is 5.73 Å². The van der Waals surface area contributed by atoms with Crippen molar-refractivity contribution in [3.05, 3.63) is 42.1 Å². The van der Waals surface area contributed by atoms with Crippen molar-refractivity contribution < 1.29 is 0 Å². The number of pyridine rings is 1. The first-order valence-electron chi connectivity index (χ1n) is 5.77.